The Morgan fingerprint density at radius 1 is 1.10 bits per heavy atom. The van der Waals surface area contributed by atoms with Gasteiger partial charge in [0.2, 0.25) is 0 Å². The molecule has 1 N–H and O–H groups in total. The summed E-state index contributed by atoms with van der Waals surface area (Å²) >= 11 is 15.7. The zero-order chi connectivity index (χ0) is 14.3. The van der Waals surface area contributed by atoms with Crippen LogP contribution in [0.15, 0.2) is 40.9 Å². The summed E-state index contributed by atoms with van der Waals surface area (Å²) in [4.78, 5) is 12.1. The second kappa shape index (κ2) is 5.24. The van der Waals surface area contributed by atoms with E-state index in [1.54, 1.807) is 24.3 Å². The van der Waals surface area contributed by atoms with E-state index in [9.17, 15) is 4.79 Å². The van der Waals surface area contributed by atoms with Crippen LogP contribution >= 0.6 is 39.1 Å². The number of rotatable bonds is 1. The first-order valence-corrected chi connectivity index (χ1v) is 7.38. The lowest BCUT2D eigenvalue weighted by Crippen LogP contribution is -2.03. The number of hydrogen-bond donors (Lipinski definition) is 1. The summed E-state index contributed by atoms with van der Waals surface area (Å²) in [6.07, 6.45) is 1.72. The summed E-state index contributed by atoms with van der Waals surface area (Å²) < 4.78 is 0.906. The Balaban J connectivity index is 2.18. The molecule has 5 heteroatoms. The standard InChI is InChI=1S/C15H8BrCl2NO/c16-8-4-5-14-9(6-8)10(15(20)19-14)7-11-12(17)2-1-3-13(11)18/h1-7H,(H,19,20)/b10-7-. The Bertz CT molecular complexity index is 735. The van der Waals surface area contributed by atoms with Gasteiger partial charge in [0.25, 0.3) is 5.91 Å². The van der Waals surface area contributed by atoms with E-state index in [0.717, 1.165) is 15.7 Å². The second-order valence-corrected chi connectivity index (χ2v) is 6.07. The molecule has 1 heterocycles. The largest absolute Gasteiger partial charge is 0.321 e. The minimum Gasteiger partial charge on any atom is -0.321 e. The lowest BCUT2D eigenvalue weighted by molar-refractivity contribution is -0.110. The molecule has 2 nitrogen and oxygen atoms in total. The number of anilines is 1. The summed E-state index contributed by atoms with van der Waals surface area (Å²) in [5, 5.41) is 3.85. The van der Waals surface area contributed by atoms with Gasteiger partial charge in [0.15, 0.2) is 0 Å². The molecule has 20 heavy (non-hydrogen) atoms. The van der Waals surface area contributed by atoms with Crippen molar-refractivity contribution in [3.8, 4) is 0 Å². The van der Waals surface area contributed by atoms with Crippen LogP contribution in [0.4, 0.5) is 5.69 Å². The maximum absolute atomic E-state index is 12.1. The molecule has 0 saturated carbocycles. The van der Waals surface area contributed by atoms with E-state index >= 15 is 0 Å². The van der Waals surface area contributed by atoms with Crippen LogP contribution in [0.3, 0.4) is 0 Å². The van der Waals surface area contributed by atoms with Crippen molar-refractivity contribution in [1.82, 2.24) is 0 Å². The molecule has 100 valence electrons. The molecule has 1 aliphatic heterocycles. The predicted octanol–water partition coefficient (Wildman–Crippen LogP) is 5.25. The van der Waals surface area contributed by atoms with Gasteiger partial charge in [0.05, 0.1) is 0 Å². The van der Waals surface area contributed by atoms with E-state index in [-0.39, 0.29) is 5.91 Å². The van der Waals surface area contributed by atoms with Crippen molar-refractivity contribution in [1.29, 1.82) is 0 Å². The summed E-state index contributed by atoms with van der Waals surface area (Å²) in [5.41, 5.74) is 2.82. The van der Waals surface area contributed by atoms with Crippen molar-refractivity contribution in [2.24, 2.45) is 0 Å². The molecule has 0 saturated heterocycles. The zero-order valence-electron chi connectivity index (χ0n) is 10.1. The normalized spacial score (nSPS) is 15.3. The zero-order valence-corrected chi connectivity index (χ0v) is 13.2. The minimum absolute atomic E-state index is 0.158. The molecule has 0 aliphatic carbocycles. The van der Waals surface area contributed by atoms with Crippen LogP contribution in [-0.2, 0) is 4.79 Å². The van der Waals surface area contributed by atoms with Crippen molar-refractivity contribution in [3.05, 3.63) is 62.0 Å². The van der Waals surface area contributed by atoms with Crippen LogP contribution in [0.2, 0.25) is 10.0 Å². The molecule has 0 aromatic heterocycles. The van der Waals surface area contributed by atoms with Crippen molar-refractivity contribution in [3.63, 3.8) is 0 Å². The van der Waals surface area contributed by atoms with Gasteiger partial charge < -0.3 is 5.32 Å². The first-order chi connectivity index (χ1) is 9.56. The predicted molar refractivity (Wildman–Crippen MR) is 87.1 cm³/mol. The fourth-order valence-corrected chi connectivity index (χ4v) is 2.96. The van der Waals surface area contributed by atoms with Crippen molar-refractivity contribution < 1.29 is 4.79 Å². The van der Waals surface area contributed by atoms with Gasteiger partial charge >= 0.3 is 0 Å². The Hall–Kier alpha value is -1.29. The van der Waals surface area contributed by atoms with Crippen molar-refractivity contribution in [2.75, 3.05) is 5.32 Å². The van der Waals surface area contributed by atoms with Gasteiger partial charge in [-0.05, 0) is 36.4 Å². The topological polar surface area (TPSA) is 29.1 Å². The lowest BCUT2D eigenvalue weighted by Gasteiger charge is -2.03. The van der Waals surface area contributed by atoms with Gasteiger partial charge in [-0.1, -0.05) is 45.2 Å². The van der Waals surface area contributed by atoms with Crippen molar-refractivity contribution in [2.45, 2.75) is 0 Å². The van der Waals surface area contributed by atoms with Gasteiger partial charge in [0.1, 0.15) is 0 Å². The number of benzene rings is 2. The molecular weight excluding hydrogens is 361 g/mol. The Labute approximate surface area is 134 Å². The molecule has 1 amide bonds. The average Bonchev–Trinajstić information content (AvgIpc) is 2.70. The highest BCUT2D eigenvalue weighted by Gasteiger charge is 2.24. The number of carbonyl (C=O) groups excluding carboxylic acids is 1. The van der Waals surface area contributed by atoms with E-state index < -0.39 is 0 Å². The third kappa shape index (κ3) is 2.37. The Morgan fingerprint density at radius 3 is 2.50 bits per heavy atom. The summed E-state index contributed by atoms with van der Waals surface area (Å²) in [7, 11) is 0. The monoisotopic (exact) mass is 367 g/mol. The molecule has 0 radical (unpaired) electrons. The molecule has 0 atom stereocenters. The summed E-state index contributed by atoms with van der Waals surface area (Å²) in [6, 6.07) is 10.9. The quantitative estimate of drug-likeness (QED) is 0.684. The molecule has 0 bridgehead atoms. The molecule has 0 fully saturated rings. The first kappa shape index (κ1) is 13.7. The maximum atomic E-state index is 12.1. The van der Waals surface area contributed by atoms with Crippen LogP contribution in [0.1, 0.15) is 11.1 Å². The van der Waals surface area contributed by atoms with E-state index in [2.05, 4.69) is 21.2 Å². The summed E-state index contributed by atoms with van der Waals surface area (Å²) in [5.74, 6) is -0.158. The fourth-order valence-electron chi connectivity index (χ4n) is 2.10. The van der Waals surface area contributed by atoms with Crippen LogP contribution in [0.5, 0.6) is 0 Å². The van der Waals surface area contributed by atoms with Crippen LogP contribution in [0.25, 0.3) is 11.6 Å². The SMILES string of the molecule is O=C1Nc2ccc(Br)cc2/C1=C/c1c(Cl)cccc1Cl. The highest BCUT2D eigenvalue weighted by atomic mass is 79.9. The maximum Gasteiger partial charge on any atom is 0.256 e. The van der Waals surface area contributed by atoms with E-state index in [1.165, 1.54) is 0 Å². The molecule has 2 aromatic carbocycles. The smallest absolute Gasteiger partial charge is 0.256 e. The van der Waals surface area contributed by atoms with E-state index in [1.807, 2.05) is 18.2 Å². The highest BCUT2D eigenvalue weighted by molar-refractivity contribution is 9.10. The molecular formula is C15H8BrCl2NO. The van der Waals surface area contributed by atoms with Crippen LogP contribution in [0, 0.1) is 0 Å². The first-order valence-electron chi connectivity index (χ1n) is 5.83. The second-order valence-electron chi connectivity index (χ2n) is 4.34. The number of amides is 1. The van der Waals surface area contributed by atoms with E-state index in [0.29, 0.717) is 21.2 Å². The van der Waals surface area contributed by atoms with Gasteiger partial charge in [-0.2, -0.15) is 0 Å². The van der Waals surface area contributed by atoms with Gasteiger partial charge in [-0.25, -0.2) is 0 Å². The molecule has 0 spiro atoms. The lowest BCUT2D eigenvalue weighted by atomic mass is 10.0. The third-order valence-corrected chi connectivity index (χ3v) is 4.21. The number of halogens is 3. The molecule has 1 aliphatic rings. The van der Waals surface area contributed by atoms with Crippen molar-refractivity contribution >= 4 is 62.4 Å². The number of carbonyl (C=O) groups is 1. The minimum atomic E-state index is -0.158. The summed E-state index contributed by atoms with van der Waals surface area (Å²) in [6.45, 7) is 0. The molecule has 3 rings (SSSR count). The number of fused-ring (bicyclic) bond motifs is 1. The fraction of sp³-hybridized carbons (Fsp3) is 0. The third-order valence-electron chi connectivity index (χ3n) is 3.05. The average molecular weight is 369 g/mol. The Morgan fingerprint density at radius 2 is 1.80 bits per heavy atom. The van der Waals surface area contributed by atoms with Gasteiger partial charge in [-0.3, -0.25) is 4.79 Å². The Kier molecular flexibility index (Phi) is 3.59. The van der Waals surface area contributed by atoms with Gasteiger partial charge in [-0.15, -0.1) is 0 Å². The van der Waals surface area contributed by atoms with Gasteiger partial charge in [0, 0.05) is 36.9 Å². The van der Waals surface area contributed by atoms with Crippen LogP contribution in [-0.4, -0.2) is 5.91 Å². The molecule has 2 aromatic rings. The van der Waals surface area contributed by atoms with Crippen LogP contribution < -0.4 is 5.32 Å². The number of hydrogen-bond acceptors (Lipinski definition) is 1. The molecule has 0 unspecified atom stereocenters. The highest BCUT2D eigenvalue weighted by Crippen LogP contribution is 2.37. The number of nitrogens with one attached hydrogen (secondary N) is 1. The van der Waals surface area contributed by atoms with E-state index in [4.69, 9.17) is 23.2 Å².